The van der Waals surface area contributed by atoms with Crippen LogP contribution in [0.15, 0.2) is 28.7 Å². The molecule has 0 fully saturated rings. The highest BCUT2D eigenvalue weighted by atomic mass is 79.9. The lowest BCUT2D eigenvalue weighted by Crippen LogP contribution is -2.32. The number of carbonyl (C=O) groups excluding carboxylic acids is 1. The zero-order valence-electron chi connectivity index (χ0n) is 20.5. The van der Waals surface area contributed by atoms with Crippen molar-refractivity contribution in [3.63, 3.8) is 0 Å². The number of H-pyrrole nitrogens is 1. The number of aromatic amines is 1. The number of anilines is 1. The van der Waals surface area contributed by atoms with Crippen LogP contribution < -0.4 is 11.1 Å². The number of benzene rings is 1. The molecule has 0 radical (unpaired) electrons. The number of nitrogens with two attached hydrogens (primary N) is 1. The van der Waals surface area contributed by atoms with Crippen LogP contribution in [0.25, 0.3) is 17.3 Å². The first kappa shape index (κ1) is 27.1. The predicted molar refractivity (Wildman–Crippen MR) is 142 cm³/mol. The molecular weight excluding hydrogens is 500 g/mol. The maximum absolute atomic E-state index is 11.7. The third-order valence-corrected chi connectivity index (χ3v) is 6.90. The number of amides is 1. The fourth-order valence-electron chi connectivity index (χ4n) is 2.88. The molecule has 0 aliphatic rings. The number of nitrogen functional groups attached to an aromatic ring is 1. The summed E-state index contributed by atoms with van der Waals surface area (Å²) in [6, 6.07) is 6.80. The first-order valence-corrected chi connectivity index (χ1v) is 15.7. The number of nitrogens with one attached hydrogen (secondary N) is 2. The number of hydrogen-bond donors (Lipinski definition) is 3. The van der Waals surface area contributed by atoms with Crippen molar-refractivity contribution >= 4 is 41.9 Å². The molecule has 1 amide bonds. The molecule has 0 spiro atoms. The van der Waals surface area contributed by atoms with E-state index in [2.05, 4.69) is 45.9 Å². The van der Waals surface area contributed by atoms with E-state index in [1.54, 1.807) is 0 Å². The topological polar surface area (TPSA) is 102 Å². The van der Waals surface area contributed by atoms with E-state index in [1.807, 2.05) is 51.1 Å². The average molecular weight is 538 g/mol. The average Bonchev–Trinajstić information content (AvgIpc) is 3.05. The van der Waals surface area contributed by atoms with Crippen LogP contribution in [-0.2, 0) is 16.1 Å². The highest BCUT2D eigenvalue weighted by molar-refractivity contribution is 9.10. The molecule has 0 saturated heterocycles. The molecule has 4 N–H and O–H groups in total. The fraction of sp³-hybridized carbons (Fsp3) is 0.500. The van der Waals surface area contributed by atoms with E-state index in [0.717, 1.165) is 39.9 Å². The normalized spacial score (nSPS) is 12.3. The number of nitrogens with zero attached hydrogens (tertiary/aromatic N) is 1. The Morgan fingerprint density at radius 3 is 2.67 bits per heavy atom. The van der Waals surface area contributed by atoms with E-state index in [9.17, 15) is 4.79 Å². The number of carbonyl (C=O) groups is 1. The van der Waals surface area contributed by atoms with Crippen LogP contribution in [0.2, 0.25) is 25.7 Å². The number of alkyl carbamates (subject to hydrolysis) is 1. The molecular formula is C24H37BrN4O3Si. The fourth-order valence-corrected chi connectivity index (χ4v) is 4.22. The van der Waals surface area contributed by atoms with Crippen LogP contribution >= 0.6 is 15.9 Å². The van der Waals surface area contributed by atoms with Crippen LogP contribution in [0.1, 0.15) is 38.7 Å². The third kappa shape index (κ3) is 10.1. The van der Waals surface area contributed by atoms with Gasteiger partial charge in [0, 0.05) is 36.9 Å². The summed E-state index contributed by atoms with van der Waals surface area (Å²) in [5.41, 5.74) is 8.80. The molecule has 1 heterocycles. The van der Waals surface area contributed by atoms with Crippen molar-refractivity contribution in [3.8, 4) is 11.3 Å². The molecule has 0 aliphatic heterocycles. The molecule has 0 unspecified atom stereocenters. The SMILES string of the molecule is CC(C)(C)OC(=O)NCCC=Cc1nc(-c2ccc(N)cc2Br)c(COCC[Si](C)(C)C)[nH]1. The molecule has 2 rings (SSSR count). The first-order chi connectivity index (χ1) is 15.3. The van der Waals surface area contributed by atoms with Gasteiger partial charge in [0.05, 0.1) is 18.0 Å². The van der Waals surface area contributed by atoms with Crippen molar-refractivity contribution < 1.29 is 14.3 Å². The van der Waals surface area contributed by atoms with Crippen LogP contribution in [0.3, 0.4) is 0 Å². The molecule has 33 heavy (non-hydrogen) atoms. The van der Waals surface area contributed by atoms with E-state index in [0.29, 0.717) is 25.3 Å². The van der Waals surface area contributed by atoms with Gasteiger partial charge < -0.3 is 25.5 Å². The third-order valence-electron chi connectivity index (χ3n) is 4.54. The van der Waals surface area contributed by atoms with Gasteiger partial charge in [-0.3, -0.25) is 0 Å². The summed E-state index contributed by atoms with van der Waals surface area (Å²) in [5, 5.41) is 2.75. The van der Waals surface area contributed by atoms with Gasteiger partial charge in [-0.2, -0.15) is 0 Å². The Balaban J connectivity index is 2.06. The summed E-state index contributed by atoms with van der Waals surface area (Å²) in [4.78, 5) is 19.9. The van der Waals surface area contributed by atoms with Gasteiger partial charge in [-0.1, -0.05) is 41.6 Å². The summed E-state index contributed by atoms with van der Waals surface area (Å²) in [6.07, 6.45) is 4.12. The van der Waals surface area contributed by atoms with Gasteiger partial charge in [-0.15, -0.1) is 0 Å². The second kappa shape index (κ2) is 11.9. The van der Waals surface area contributed by atoms with E-state index >= 15 is 0 Å². The molecule has 1 aromatic heterocycles. The van der Waals surface area contributed by atoms with Crippen LogP contribution in [0.4, 0.5) is 10.5 Å². The van der Waals surface area contributed by atoms with Gasteiger partial charge in [-0.05, 0) is 57.5 Å². The lowest BCUT2D eigenvalue weighted by atomic mass is 10.1. The van der Waals surface area contributed by atoms with Crippen molar-refractivity contribution in [2.45, 2.75) is 65.1 Å². The van der Waals surface area contributed by atoms with Crippen molar-refractivity contribution in [2.75, 3.05) is 18.9 Å². The summed E-state index contributed by atoms with van der Waals surface area (Å²) < 4.78 is 12.1. The Kier molecular flexibility index (Phi) is 9.75. The van der Waals surface area contributed by atoms with Gasteiger partial charge in [0.25, 0.3) is 0 Å². The maximum atomic E-state index is 11.7. The van der Waals surface area contributed by atoms with Crippen LogP contribution in [0.5, 0.6) is 0 Å². The Morgan fingerprint density at radius 2 is 2.03 bits per heavy atom. The van der Waals surface area contributed by atoms with E-state index < -0.39 is 19.8 Å². The Morgan fingerprint density at radius 1 is 1.30 bits per heavy atom. The van der Waals surface area contributed by atoms with Gasteiger partial charge in [0.15, 0.2) is 0 Å². The second-order valence-electron chi connectivity index (χ2n) is 10.2. The van der Waals surface area contributed by atoms with Crippen molar-refractivity contribution in [1.29, 1.82) is 0 Å². The molecule has 2 aromatic rings. The van der Waals surface area contributed by atoms with Gasteiger partial charge in [-0.25, -0.2) is 9.78 Å². The smallest absolute Gasteiger partial charge is 0.407 e. The largest absolute Gasteiger partial charge is 0.444 e. The van der Waals surface area contributed by atoms with Gasteiger partial charge >= 0.3 is 6.09 Å². The number of halogens is 1. The summed E-state index contributed by atoms with van der Waals surface area (Å²) in [6.45, 7) is 14.2. The molecule has 9 heteroatoms. The Labute approximate surface area is 206 Å². The number of rotatable bonds is 10. The number of imidazole rings is 1. The minimum Gasteiger partial charge on any atom is -0.444 e. The predicted octanol–water partition coefficient (Wildman–Crippen LogP) is 6.20. The zero-order valence-corrected chi connectivity index (χ0v) is 23.1. The minimum absolute atomic E-state index is 0.415. The molecule has 0 bridgehead atoms. The molecule has 0 aliphatic carbocycles. The lowest BCUT2D eigenvalue weighted by molar-refractivity contribution is 0.0529. The maximum Gasteiger partial charge on any atom is 0.407 e. The van der Waals surface area contributed by atoms with E-state index in [4.69, 9.17) is 20.2 Å². The molecule has 182 valence electrons. The highest BCUT2D eigenvalue weighted by Crippen LogP contribution is 2.31. The van der Waals surface area contributed by atoms with Crippen molar-refractivity contribution in [1.82, 2.24) is 15.3 Å². The lowest BCUT2D eigenvalue weighted by Gasteiger charge is -2.19. The second-order valence-corrected chi connectivity index (χ2v) is 16.6. The number of aromatic nitrogens is 2. The summed E-state index contributed by atoms with van der Waals surface area (Å²) >= 11 is 3.60. The van der Waals surface area contributed by atoms with E-state index in [-0.39, 0.29) is 0 Å². The summed E-state index contributed by atoms with van der Waals surface area (Å²) in [5.74, 6) is 0.731. The number of hydrogen-bond acceptors (Lipinski definition) is 5. The summed E-state index contributed by atoms with van der Waals surface area (Å²) in [7, 11) is -1.15. The van der Waals surface area contributed by atoms with Crippen molar-refractivity contribution in [2.24, 2.45) is 0 Å². The molecule has 7 nitrogen and oxygen atoms in total. The van der Waals surface area contributed by atoms with Gasteiger partial charge in [0.2, 0.25) is 0 Å². The quantitative estimate of drug-likeness (QED) is 0.190. The minimum atomic E-state index is -1.15. The Bertz CT molecular complexity index is 962. The van der Waals surface area contributed by atoms with Crippen molar-refractivity contribution in [3.05, 3.63) is 40.3 Å². The van der Waals surface area contributed by atoms with Gasteiger partial charge in [0.1, 0.15) is 11.4 Å². The zero-order chi connectivity index (χ0) is 24.6. The van der Waals surface area contributed by atoms with E-state index in [1.165, 1.54) is 0 Å². The molecule has 1 aromatic carbocycles. The standard InChI is InChI=1S/C24H37BrN4O3Si/c1-24(2,3)32-23(30)27-12-8-7-9-21-28-20(16-31-13-14-33(4,5)6)22(29-21)18-11-10-17(26)15-19(18)25/h7,9-11,15H,8,12-14,16,26H2,1-6H3,(H,27,30)(H,28,29). The molecule has 0 saturated carbocycles. The first-order valence-electron chi connectivity index (χ1n) is 11.2. The monoisotopic (exact) mass is 536 g/mol. The highest BCUT2D eigenvalue weighted by Gasteiger charge is 2.17. The van der Waals surface area contributed by atoms with Crippen LogP contribution in [-0.4, -0.2) is 42.9 Å². The Hall–Kier alpha value is -2.10. The molecule has 0 atom stereocenters. The van der Waals surface area contributed by atoms with Crippen LogP contribution in [0, 0.1) is 0 Å². The number of ether oxygens (including phenoxy) is 2.